The number of nitrogens with zero attached hydrogens (tertiary/aromatic N) is 1. The summed E-state index contributed by atoms with van der Waals surface area (Å²) in [6, 6.07) is 7.46. The van der Waals surface area contributed by atoms with Gasteiger partial charge in [0.1, 0.15) is 5.75 Å². The summed E-state index contributed by atoms with van der Waals surface area (Å²) in [5, 5.41) is 0. The van der Waals surface area contributed by atoms with Crippen molar-refractivity contribution in [2.24, 2.45) is 5.73 Å². The van der Waals surface area contributed by atoms with E-state index in [1.807, 2.05) is 37.3 Å². The van der Waals surface area contributed by atoms with Crippen molar-refractivity contribution in [1.29, 1.82) is 0 Å². The maximum absolute atomic E-state index is 11.5. The lowest BCUT2D eigenvalue weighted by Gasteiger charge is -2.16. The van der Waals surface area contributed by atoms with Gasteiger partial charge in [0.05, 0.1) is 20.1 Å². The highest BCUT2D eigenvalue weighted by molar-refractivity contribution is 5.85. The molecule has 0 aliphatic carbocycles. The predicted molar refractivity (Wildman–Crippen MR) is 110 cm³/mol. The molecule has 0 radical (unpaired) electrons. The zero-order chi connectivity index (χ0) is 18.9. The van der Waals surface area contributed by atoms with Crippen LogP contribution in [0.25, 0.3) is 11.1 Å². The van der Waals surface area contributed by atoms with Crippen molar-refractivity contribution < 1.29 is 14.3 Å². The number of carbonyl (C=O) groups excluding carboxylic acids is 1. The highest BCUT2D eigenvalue weighted by atomic mass is 35.5. The fraction of sp³-hybridized carbons (Fsp3) is 0.333. The second-order valence-corrected chi connectivity index (χ2v) is 6.12. The molecule has 0 amide bonds. The van der Waals surface area contributed by atoms with Crippen molar-refractivity contribution in [2.75, 3.05) is 13.7 Å². The lowest BCUT2D eigenvalue weighted by atomic mass is 9.97. The van der Waals surface area contributed by atoms with Crippen molar-refractivity contribution in [1.82, 2.24) is 4.98 Å². The number of benzene rings is 1. The van der Waals surface area contributed by atoms with Gasteiger partial charge in [-0.25, -0.2) is 0 Å². The summed E-state index contributed by atoms with van der Waals surface area (Å²) < 4.78 is 10.7. The molecule has 146 valence electrons. The molecule has 1 aromatic heterocycles. The van der Waals surface area contributed by atoms with Crippen molar-refractivity contribution in [2.45, 2.75) is 32.2 Å². The Bertz CT molecular complexity index is 765. The van der Waals surface area contributed by atoms with Crippen LogP contribution >= 0.6 is 12.4 Å². The fourth-order valence-electron chi connectivity index (χ4n) is 2.72. The van der Waals surface area contributed by atoms with Crippen LogP contribution in [0.4, 0.5) is 0 Å². The molecule has 2 rings (SSSR count). The second-order valence-electron chi connectivity index (χ2n) is 6.12. The van der Waals surface area contributed by atoms with Gasteiger partial charge < -0.3 is 15.2 Å². The molecule has 5 nitrogen and oxygen atoms in total. The Labute approximate surface area is 167 Å². The first kappa shape index (κ1) is 22.7. The molecular formula is C21H27ClN2O3. The van der Waals surface area contributed by atoms with E-state index >= 15 is 0 Å². The van der Waals surface area contributed by atoms with E-state index in [-0.39, 0.29) is 24.8 Å². The van der Waals surface area contributed by atoms with Gasteiger partial charge in [0.15, 0.2) is 0 Å². The topological polar surface area (TPSA) is 74.4 Å². The molecular weight excluding hydrogens is 364 g/mol. The van der Waals surface area contributed by atoms with E-state index in [2.05, 4.69) is 11.6 Å². The van der Waals surface area contributed by atoms with Gasteiger partial charge in [-0.05, 0) is 43.0 Å². The normalized spacial score (nSPS) is 11.2. The summed E-state index contributed by atoms with van der Waals surface area (Å²) in [5.41, 5.74) is 9.91. The van der Waals surface area contributed by atoms with Gasteiger partial charge >= 0.3 is 5.97 Å². The number of methoxy groups -OCH3 is 1. The zero-order valence-corrected chi connectivity index (χ0v) is 16.6. The molecule has 0 aliphatic rings. The van der Waals surface area contributed by atoms with Crippen molar-refractivity contribution in [3.8, 4) is 16.9 Å². The largest absolute Gasteiger partial charge is 0.493 e. The predicted octanol–water partition coefficient (Wildman–Crippen LogP) is 4.39. The SMILES string of the molecule is C=CCCCOc1cccc(C)c1-c1cncc(C(N)CC(=O)OC)c1.Cl. The molecule has 0 fully saturated rings. The number of allylic oxidation sites excluding steroid dienone is 1. The summed E-state index contributed by atoms with van der Waals surface area (Å²) in [7, 11) is 1.35. The van der Waals surface area contributed by atoms with E-state index in [0.717, 1.165) is 40.8 Å². The number of rotatable bonds is 9. The van der Waals surface area contributed by atoms with Crippen molar-refractivity contribution >= 4 is 18.4 Å². The standard InChI is InChI=1S/C21H26N2O3.ClH/c1-4-5-6-10-26-19-9-7-8-15(2)21(19)17-11-16(13-23-14-17)18(22)12-20(24)25-3;/h4,7-9,11,13-14,18H,1,5-6,10,12,22H2,2-3H3;1H. The second kappa shape index (κ2) is 11.4. The number of nitrogens with two attached hydrogens (primary N) is 1. The van der Waals surface area contributed by atoms with E-state index < -0.39 is 6.04 Å². The van der Waals surface area contributed by atoms with E-state index in [0.29, 0.717) is 6.61 Å². The number of unbranched alkanes of at least 4 members (excludes halogenated alkanes) is 1. The minimum absolute atomic E-state index is 0. The first-order valence-corrected chi connectivity index (χ1v) is 8.67. The quantitative estimate of drug-likeness (QED) is 0.390. The van der Waals surface area contributed by atoms with Crippen LogP contribution in [-0.4, -0.2) is 24.7 Å². The molecule has 1 atom stereocenters. The number of carbonyl (C=O) groups is 1. The molecule has 2 aromatic rings. The molecule has 0 saturated carbocycles. The zero-order valence-electron chi connectivity index (χ0n) is 15.8. The lowest BCUT2D eigenvalue weighted by molar-refractivity contribution is -0.141. The molecule has 1 aromatic carbocycles. The van der Waals surface area contributed by atoms with Crippen LogP contribution in [0.2, 0.25) is 0 Å². The molecule has 6 heteroatoms. The molecule has 1 unspecified atom stereocenters. The van der Waals surface area contributed by atoms with Gasteiger partial charge in [-0.2, -0.15) is 0 Å². The van der Waals surface area contributed by atoms with Gasteiger partial charge in [-0.15, -0.1) is 19.0 Å². The maximum atomic E-state index is 11.5. The Morgan fingerprint density at radius 1 is 1.37 bits per heavy atom. The number of esters is 1. The highest BCUT2D eigenvalue weighted by Crippen LogP contribution is 2.34. The molecule has 0 bridgehead atoms. The molecule has 27 heavy (non-hydrogen) atoms. The summed E-state index contributed by atoms with van der Waals surface area (Å²) >= 11 is 0. The van der Waals surface area contributed by atoms with Crippen LogP contribution in [0.15, 0.2) is 49.3 Å². The molecule has 0 saturated heterocycles. The minimum Gasteiger partial charge on any atom is -0.493 e. The van der Waals surface area contributed by atoms with Crippen LogP contribution < -0.4 is 10.5 Å². The van der Waals surface area contributed by atoms with Gasteiger partial charge in [-0.1, -0.05) is 18.2 Å². The van der Waals surface area contributed by atoms with Crippen LogP contribution in [-0.2, 0) is 9.53 Å². The van der Waals surface area contributed by atoms with Crippen LogP contribution in [0.5, 0.6) is 5.75 Å². The number of aromatic nitrogens is 1. The van der Waals surface area contributed by atoms with E-state index in [4.69, 9.17) is 15.2 Å². The average molecular weight is 391 g/mol. The Kier molecular flexibility index (Phi) is 9.54. The maximum Gasteiger partial charge on any atom is 0.307 e. The van der Waals surface area contributed by atoms with Crippen LogP contribution in [0.1, 0.15) is 36.4 Å². The number of ether oxygens (including phenoxy) is 2. The smallest absolute Gasteiger partial charge is 0.307 e. The average Bonchev–Trinajstić information content (AvgIpc) is 2.65. The summed E-state index contributed by atoms with van der Waals surface area (Å²) in [5.74, 6) is 0.472. The first-order chi connectivity index (χ1) is 12.6. The fourth-order valence-corrected chi connectivity index (χ4v) is 2.72. The summed E-state index contributed by atoms with van der Waals surface area (Å²) in [4.78, 5) is 15.8. The van der Waals surface area contributed by atoms with Gasteiger partial charge in [0.25, 0.3) is 0 Å². The van der Waals surface area contributed by atoms with E-state index in [1.54, 1.807) is 12.4 Å². The third kappa shape index (κ3) is 6.38. The number of hydrogen-bond donors (Lipinski definition) is 1. The van der Waals surface area contributed by atoms with Crippen LogP contribution in [0.3, 0.4) is 0 Å². The van der Waals surface area contributed by atoms with E-state index in [9.17, 15) is 4.79 Å². The minimum atomic E-state index is -0.462. The third-order valence-electron chi connectivity index (χ3n) is 4.14. The van der Waals surface area contributed by atoms with Gasteiger partial charge in [0, 0.05) is 29.6 Å². The Morgan fingerprint density at radius 3 is 2.85 bits per heavy atom. The molecule has 2 N–H and O–H groups in total. The van der Waals surface area contributed by atoms with Gasteiger partial charge in [0.2, 0.25) is 0 Å². The summed E-state index contributed by atoms with van der Waals surface area (Å²) in [6.07, 6.45) is 7.30. The van der Waals surface area contributed by atoms with Gasteiger partial charge in [-0.3, -0.25) is 9.78 Å². The van der Waals surface area contributed by atoms with Crippen molar-refractivity contribution in [3.05, 3.63) is 60.4 Å². The number of aryl methyl sites for hydroxylation is 1. The Hall–Kier alpha value is -2.37. The van der Waals surface area contributed by atoms with Crippen molar-refractivity contribution in [3.63, 3.8) is 0 Å². The summed E-state index contributed by atoms with van der Waals surface area (Å²) in [6.45, 7) is 6.39. The lowest BCUT2D eigenvalue weighted by Crippen LogP contribution is -2.16. The van der Waals surface area contributed by atoms with Crippen LogP contribution in [0, 0.1) is 6.92 Å². The Morgan fingerprint density at radius 2 is 2.15 bits per heavy atom. The van der Waals surface area contributed by atoms with E-state index in [1.165, 1.54) is 7.11 Å². The molecule has 0 spiro atoms. The molecule has 1 heterocycles. The number of hydrogen-bond acceptors (Lipinski definition) is 5. The number of pyridine rings is 1. The third-order valence-corrected chi connectivity index (χ3v) is 4.14. The monoisotopic (exact) mass is 390 g/mol. The number of halogens is 1. The first-order valence-electron chi connectivity index (χ1n) is 8.67. The Balaban J connectivity index is 0.00000364. The molecule has 0 aliphatic heterocycles. The highest BCUT2D eigenvalue weighted by Gasteiger charge is 2.15.